The molecule has 178 valence electrons. The first kappa shape index (κ1) is 23.1. The topological polar surface area (TPSA) is 6.48 Å². The summed E-state index contributed by atoms with van der Waals surface area (Å²) in [4.78, 5) is 5.64. The van der Waals surface area contributed by atoms with Crippen molar-refractivity contribution in [3.8, 4) is 0 Å². The molecule has 2 heteroatoms. The number of nitrogens with zero attached hydrogens (tertiary/aromatic N) is 2. The lowest BCUT2D eigenvalue weighted by Gasteiger charge is -2.35. The van der Waals surface area contributed by atoms with E-state index >= 15 is 0 Å². The summed E-state index contributed by atoms with van der Waals surface area (Å²) in [7, 11) is 0. The first-order chi connectivity index (χ1) is 16.3. The van der Waals surface area contributed by atoms with Crippen LogP contribution in [0.1, 0.15) is 68.4 Å². The highest BCUT2D eigenvalue weighted by atomic mass is 15.2. The summed E-state index contributed by atoms with van der Waals surface area (Å²) >= 11 is 0. The van der Waals surface area contributed by atoms with Crippen molar-refractivity contribution < 1.29 is 0 Å². The van der Waals surface area contributed by atoms with Crippen molar-refractivity contribution in [2.24, 2.45) is 17.8 Å². The van der Waals surface area contributed by atoms with Crippen LogP contribution in [-0.4, -0.2) is 49.1 Å². The number of aryl methyl sites for hydroxylation is 1. The molecule has 1 aliphatic carbocycles. The maximum absolute atomic E-state index is 2.83. The summed E-state index contributed by atoms with van der Waals surface area (Å²) in [6.45, 7) is 7.88. The van der Waals surface area contributed by atoms with Gasteiger partial charge >= 0.3 is 0 Å². The minimum atomic E-state index is 0.719. The van der Waals surface area contributed by atoms with Gasteiger partial charge in [-0.05, 0) is 80.5 Å². The lowest BCUT2D eigenvalue weighted by molar-refractivity contribution is 0.151. The monoisotopic (exact) mass is 444 g/mol. The van der Waals surface area contributed by atoms with Crippen LogP contribution in [0.15, 0.2) is 60.7 Å². The summed E-state index contributed by atoms with van der Waals surface area (Å²) in [5.74, 6) is 3.42. The van der Waals surface area contributed by atoms with Crippen LogP contribution in [0.25, 0.3) is 0 Å². The third-order valence-electron chi connectivity index (χ3n) is 8.86. The number of likely N-dealkylation sites (tertiary alicyclic amines) is 2. The predicted octanol–water partition coefficient (Wildman–Crippen LogP) is 6.63. The van der Waals surface area contributed by atoms with E-state index in [1.165, 1.54) is 103 Å². The van der Waals surface area contributed by atoms with E-state index in [0.29, 0.717) is 0 Å². The van der Waals surface area contributed by atoms with Crippen LogP contribution in [-0.2, 0) is 6.42 Å². The summed E-state index contributed by atoms with van der Waals surface area (Å²) in [5.41, 5.74) is 3.08. The Morgan fingerprint density at radius 1 is 0.667 bits per heavy atom. The van der Waals surface area contributed by atoms with Crippen LogP contribution in [0.3, 0.4) is 0 Å². The highest BCUT2D eigenvalue weighted by Crippen LogP contribution is 2.36. The molecule has 2 heterocycles. The molecule has 2 nitrogen and oxygen atoms in total. The van der Waals surface area contributed by atoms with Crippen LogP contribution in [0.4, 0.5) is 0 Å². The number of rotatable bonds is 9. The molecule has 2 aromatic carbocycles. The van der Waals surface area contributed by atoms with Gasteiger partial charge in [-0.1, -0.05) is 79.9 Å². The van der Waals surface area contributed by atoms with Crippen molar-refractivity contribution in [3.05, 3.63) is 71.8 Å². The minimum Gasteiger partial charge on any atom is -0.303 e. The third-order valence-corrected chi connectivity index (χ3v) is 8.86. The van der Waals surface area contributed by atoms with Crippen molar-refractivity contribution >= 4 is 0 Å². The van der Waals surface area contributed by atoms with Gasteiger partial charge in [-0.3, -0.25) is 0 Å². The Bertz CT molecular complexity index is 805. The van der Waals surface area contributed by atoms with Crippen LogP contribution >= 0.6 is 0 Å². The molecule has 1 saturated carbocycles. The summed E-state index contributed by atoms with van der Waals surface area (Å²) in [6.07, 6.45) is 12.7. The lowest BCUT2D eigenvalue weighted by atomic mass is 9.87. The van der Waals surface area contributed by atoms with E-state index in [2.05, 4.69) is 70.5 Å². The first-order valence-electron chi connectivity index (χ1n) is 13.9. The fourth-order valence-electron chi connectivity index (χ4n) is 6.96. The molecule has 0 radical (unpaired) electrons. The van der Waals surface area contributed by atoms with Crippen molar-refractivity contribution in [1.29, 1.82) is 0 Å². The van der Waals surface area contributed by atoms with Gasteiger partial charge in [0.25, 0.3) is 0 Å². The molecule has 2 aliphatic heterocycles. The average Bonchev–Trinajstić information content (AvgIpc) is 3.52. The minimum absolute atomic E-state index is 0.719. The number of hydrogen-bond acceptors (Lipinski definition) is 2. The third kappa shape index (κ3) is 6.49. The molecule has 0 N–H and O–H groups in total. The zero-order valence-electron chi connectivity index (χ0n) is 20.6. The Labute approximate surface area is 202 Å². The molecule has 2 atom stereocenters. The molecule has 33 heavy (non-hydrogen) atoms. The molecule has 5 rings (SSSR count). The fraction of sp³-hybridized carbons (Fsp3) is 0.613. The van der Waals surface area contributed by atoms with Crippen molar-refractivity contribution in [3.63, 3.8) is 0 Å². The number of piperidine rings is 1. The second-order valence-corrected chi connectivity index (χ2v) is 11.3. The van der Waals surface area contributed by atoms with Gasteiger partial charge in [0.15, 0.2) is 0 Å². The first-order valence-corrected chi connectivity index (χ1v) is 13.9. The fourth-order valence-corrected chi connectivity index (χ4v) is 6.96. The second-order valence-electron chi connectivity index (χ2n) is 11.3. The van der Waals surface area contributed by atoms with E-state index in [4.69, 9.17) is 0 Å². The van der Waals surface area contributed by atoms with Crippen molar-refractivity contribution in [1.82, 2.24) is 9.80 Å². The smallest absolute Gasteiger partial charge is 0.00542 e. The average molecular weight is 445 g/mol. The molecule has 2 unspecified atom stereocenters. The maximum atomic E-state index is 2.83. The SMILES string of the molecule is c1ccc(CCCC2CCN(CC3CN(CC4CCCC4)CC3c3ccccc3)CC2)cc1. The largest absolute Gasteiger partial charge is 0.303 e. The van der Waals surface area contributed by atoms with Gasteiger partial charge in [-0.2, -0.15) is 0 Å². The van der Waals surface area contributed by atoms with E-state index in [0.717, 1.165) is 23.7 Å². The number of hydrogen-bond donors (Lipinski definition) is 0. The molecule has 3 aliphatic rings. The Morgan fingerprint density at radius 3 is 2.09 bits per heavy atom. The molecule has 0 amide bonds. The Balaban J connectivity index is 1.10. The molecule has 2 saturated heterocycles. The van der Waals surface area contributed by atoms with Crippen LogP contribution in [0, 0.1) is 17.8 Å². The number of benzene rings is 2. The van der Waals surface area contributed by atoms with Gasteiger partial charge in [0.2, 0.25) is 0 Å². The maximum Gasteiger partial charge on any atom is 0.00542 e. The molecule has 2 aromatic rings. The van der Waals surface area contributed by atoms with Gasteiger partial charge in [-0.25, -0.2) is 0 Å². The Hall–Kier alpha value is -1.64. The van der Waals surface area contributed by atoms with Gasteiger partial charge in [0.1, 0.15) is 0 Å². The molecular weight excluding hydrogens is 400 g/mol. The predicted molar refractivity (Wildman–Crippen MR) is 140 cm³/mol. The molecule has 0 bridgehead atoms. The van der Waals surface area contributed by atoms with E-state index < -0.39 is 0 Å². The normalized spacial score (nSPS) is 25.7. The lowest BCUT2D eigenvalue weighted by Crippen LogP contribution is -2.39. The molecular formula is C31H44N2. The van der Waals surface area contributed by atoms with Crippen LogP contribution in [0.5, 0.6) is 0 Å². The second kappa shape index (κ2) is 11.7. The standard InChI is InChI=1S/C31H44N2/c1-3-10-26(11-4-1)14-9-15-27-18-20-32(21-19-27)23-30-24-33(22-28-12-7-8-13-28)25-31(30)29-16-5-2-6-17-29/h1-6,10-11,16-17,27-28,30-31H,7-9,12-15,18-25H2. The highest BCUT2D eigenvalue weighted by molar-refractivity contribution is 5.22. The molecule has 3 fully saturated rings. The summed E-state index contributed by atoms with van der Waals surface area (Å²) in [6, 6.07) is 22.5. The van der Waals surface area contributed by atoms with Gasteiger partial charge < -0.3 is 9.80 Å². The zero-order valence-corrected chi connectivity index (χ0v) is 20.6. The molecule has 0 aromatic heterocycles. The summed E-state index contributed by atoms with van der Waals surface area (Å²) < 4.78 is 0. The van der Waals surface area contributed by atoms with Crippen molar-refractivity contribution in [2.45, 2.75) is 63.7 Å². The van der Waals surface area contributed by atoms with E-state index in [-0.39, 0.29) is 0 Å². The molecule has 0 spiro atoms. The quantitative estimate of drug-likeness (QED) is 0.428. The summed E-state index contributed by atoms with van der Waals surface area (Å²) in [5, 5.41) is 0. The van der Waals surface area contributed by atoms with Crippen LogP contribution in [0.2, 0.25) is 0 Å². The van der Waals surface area contributed by atoms with Gasteiger partial charge in [-0.15, -0.1) is 0 Å². The van der Waals surface area contributed by atoms with E-state index in [1.807, 2.05) is 0 Å². The van der Waals surface area contributed by atoms with E-state index in [9.17, 15) is 0 Å². The Kier molecular flexibility index (Phi) is 8.17. The zero-order chi connectivity index (χ0) is 22.3. The van der Waals surface area contributed by atoms with Gasteiger partial charge in [0.05, 0.1) is 0 Å². The Morgan fingerprint density at radius 2 is 1.36 bits per heavy atom. The highest BCUT2D eigenvalue weighted by Gasteiger charge is 2.36. The van der Waals surface area contributed by atoms with Crippen LogP contribution < -0.4 is 0 Å². The van der Waals surface area contributed by atoms with Crippen molar-refractivity contribution in [2.75, 3.05) is 39.3 Å². The van der Waals surface area contributed by atoms with E-state index in [1.54, 1.807) is 5.56 Å². The van der Waals surface area contributed by atoms with Gasteiger partial charge in [0, 0.05) is 32.1 Å².